The second-order valence-corrected chi connectivity index (χ2v) is 4.67. The van der Waals surface area contributed by atoms with Gasteiger partial charge in [0.1, 0.15) is 17.1 Å². The molecule has 0 amide bonds. The minimum atomic E-state index is -0.131. The van der Waals surface area contributed by atoms with Gasteiger partial charge in [0.05, 0.1) is 14.2 Å². The van der Waals surface area contributed by atoms with Gasteiger partial charge in [-0.2, -0.15) is 0 Å². The van der Waals surface area contributed by atoms with Crippen molar-refractivity contribution in [2.24, 2.45) is 0 Å². The summed E-state index contributed by atoms with van der Waals surface area (Å²) in [6.45, 7) is 1.93. The number of carbonyl (C=O) groups is 1. The first-order valence-corrected chi connectivity index (χ1v) is 6.66. The quantitative estimate of drug-likeness (QED) is 0.856. The van der Waals surface area contributed by atoms with Crippen molar-refractivity contribution < 1.29 is 14.3 Å². The highest BCUT2D eigenvalue weighted by atomic mass is 16.5. The highest BCUT2D eigenvalue weighted by Crippen LogP contribution is 2.33. The van der Waals surface area contributed by atoms with Crippen molar-refractivity contribution >= 4 is 11.5 Å². The van der Waals surface area contributed by atoms with Crippen LogP contribution in [0.15, 0.2) is 36.4 Å². The molecule has 0 spiro atoms. The number of para-hydroxylation sites is 1. The van der Waals surface area contributed by atoms with E-state index in [2.05, 4.69) is 5.32 Å². The predicted octanol–water partition coefficient (Wildman–Crippen LogP) is 3.28. The van der Waals surface area contributed by atoms with Crippen LogP contribution in [0, 0.1) is 6.92 Å². The number of ether oxygens (including phenoxy) is 2. The van der Waals surface area contributed by atoms with E-state index in [1.54, 1.807) is 27.3 Å². The van der Waals surface area contributed by atoms with Gasteiger partial charge in [0.25, 0.3) is 0 Å². The number of rotatable bonds is 5. The van der Waals surface area contributed by atoms with Crippen molar-refractivity contribution in [3.05, 3.63) is 53.1 Å². The molecule has 2 aromatic rings. The lowest BCUT2D eigenvalue weighted by atomic mass is 9.98. The van der Waals surface area contributed by atoms with Gasteiger partial charge in [-0.15, -0.1) is 0 Å². The molecule has 0 radical (unpaired) electrons. The lowest BCUT2D eigenvalue weighted by Gasteiger charge is -2.15. The topological polar surface area (TPSA) is 47.6 Å². The second kappa shape index (κ2) is 6.31. The molecule has 0 bridgehead atoms. The SMILES string of the molecule is CNc1ccccc1C(=O)c1c(OC)cc(C)cc1OC. The molecular formula is C17H19NO3. The molecular weight excluding hydrogens is 266 g/mol. The van der Waals surface area contributed by atoms with E-state index in [1.165, 1.54) is 0 Å². The van der Waals surface area contributed by atoms with Crippen molar-refractivity contribution in [1.82, 2.24) is 0 Å². The zero-order valence-electron chi connectivity index (χ0n) is 12.7. The largest absolute Gasteiger partial charge is 0.496 e. The van der Waals surface area contributed by atoms with Crippen LogP contribution in [0.25, 0.3) is 0 Å². The minimum absolute atomic E-state index is 0.131. The summed E-state index contributed by atoms with van der Waals surface area (Å²) in [7, 11) is 4.89. The molecule has 0 aliphatic carbocycles. The van der Waals surface area contributed by atoms with Crippen LogP contribution < -0.4 is 14.8 Å². The number of hydrogen-bond acceptors (Lipinski definition) is 4. The predicted molar refractivity (Wildman–Crippen MR) is 83.7 cm³/mol. The van der Waals surface area contributed by atoms with Crippen LogP contribution >= 0.6 is 0 Å². The summed E-state index contributed by atoms with van der Waals surface area (Å²) in [6.07, 6.45) is 0. The van der Waals surface area contributed by atoms with Gasteiger partial charge in [-0.3, -0.25) is 4.79 Å². The highest BCUT2D eigenvalue weighted by Gasteiger charge is 2.22. The summed E-state index contributed by atoms with van der Waals surface area (Å²) in [4.78, 5) is 12.9. The van der Waals surface area contributed by atoms with Gasteiger partial charge in [-0.05, 0) is 36.8 Å². The standard InChI is InChI=1S/C17H19NO3/c1-11-9-14(20-3)16(15(10-11)21-4)17(19)12-7-5-6-8-13(12)18-2/h5-10,18H,1-4H3. The van der Waals surface area contributed by atoms with Crippen LogP contribution in [-0.4, -0.2) is 27.1 Å². The van der Waals surface area contributed by atoms with Crippen molar-refractivity contribution in [3.8, 4) is 11.5 Å². The Morgan fingerprint density at radius 3 is 2.14 bits per heavy atom. The Balaban J connectivity index is 2.62. The minimum Gasteiger partial charge on any atom is -0.496 e. The smallest absolute Gasteiger partial charge is 0.202 e. The number of nitrogens with one attached hydrogen (secondary N) is 1. The fourth-order valence-electron chi connectivity index (χ4n) is 2.30. The maximum Gasteiger partial charge on any atom is 0.202 e. The van der Waals surface area contributed by atoms with Gasteiger partial charge in [0.15, 0.2) is 0 Å². The van der Waals surface area contributed by atoms with E-state index >= 15 is 0 Å². The zero-order valence-corrected chi connectivity index (χ0v) is 12.7. The molecule has 0 aromatic heterocycles. The van der Waals surface area contributed by atoms with Crippen LogP contribution in [-0.2, 0) is 0 Å². The lowest BCUT2D eigenvalue weighted by Crippen LogP contribution is -2.09. The molecule has 4 heteroatoms. The van der Waals surface area contributed by atoms with Gasteiger partial charge in [0.2, 0.25) is 5.78 Å². The molecule has 0 atom stereocenters. The number of benzene rings is 2. The van der Waals surface area contributed by atoms with Crippen LogP contribution in [0.1, 0.15) is 21.5 Å². The van der Waals surface area contributed by atoms with E-state index in [4.69, 9.17) is 9.47 Å². The third-order valence-corrected chi connectivity index (χ3v) is 3.32. The first-order chi connectivity index (χ1) is 10.1. The normalized spacial score (nSPS) is 10.1. The summed E-state index contributed by atoms with van der Waals surface area (Å²) in [5.41, 5.74) is 2.77. The van der Waals surface area contributed by atoms with Gasteiger partial charge in [-0.1, -0.05) is 12.1 Å². The molecule has 21 heavy (non-hydrogen) atoms. The second-order valence-electron chi connectivity index (χ2n) is 4.67. The molecule has 1 N–H and O–H groups in total. The molecule has 0 saturated heterocycles. The first-order valence-electron chi connectivity index (χ1n) is 6.66. The lowest BCUT2D eigenvalue weighted by molar-refractivity contribution is 0.103. The number of carbonyl (C=O) groups excluding carboxylic acids is 1. The molecule has 0 unspecified atom stereocenters. The third-order valence-electron chi connectivity index (χ3n) is 3.32. The monoisotopic (exact) mass is 285 g/mol. The maximum absolute atomic E-state index is 12.9. The summed E-state index contributed by atoms with van der Waals surface area (Å²) in [5.74, 6) is 0.902. The molecule has 2 aromatic carbocycles. The number of hydrogen-bond donors (Lipinski definition) is 1. The van der Waals surface area contributed by atoms with E-state index in [0.717, 1.165) is 11.3 Å². The van der Waals surface area contributed by atoms with E-state index in [-0.39, 0.29) is 5.78 Å². The third kappa shape index (κ3) is 2.84. The molecule has 0 aliphatic heterocycles. The molecule has 0 aliphatic rings. The van der Waals surface area contributed by atoms with Crippen molar-refractivity contribution in [2.75, 3.05) is 26.6 Å². The Hall–Kier alpha value is -2.49. The Labute approximate surface area is 124 Å². The fraction of sp³-hybridized carbons (Fsp3) is 0.235. The highest BCUT2D eigenvalue weighted by molar-refractivity contribution is 6.15. The van der Waals surface area contributed by atoms with E-state index in [9.17, 15) is 4.79 Å². The molecule has 110 valence electrons. The van der Waals surface area contributed by atoms with Crippen LogP contribution in [0.2, 0.25) is 0 Å². The van der Waals surface area contributed by atoms with Gasteiger partial charge in [0, 0.05) is 18.3 Å². The molecule has 4 nitrogen and oxygen atoms in total. The first kappa shape index (κ1) is 14.9. The molecule has 0 saturated carbocycles. The summed E-state index contributed by atoms with van der Waals surface area (Å²) < 4.78 is 10.7. The average Bonchev–Trinajstić information content (AvgIpc) is 2.53. The van der Waals surface area contributed by atoms with E-state index in [0.29, 0.717) is 22.6 Å². The Kier molecular flexibility index (Phi) is 4.48. The van der Waals surface area contributed by atoms with Crippen molar-refractivity contribution in [1.29, 1.82) is 0 Å². The van der Waals surface area contributed by atoms with Crippen molar-refractivity contribution in [2.45, 2.75) is 6.92 Å². The number of aryl methyl sites for hydroxylation is 1. The molecule has 0 fully saturated rings. The molecule has 2 rings (SSSR count). The number of methoxy groups -OCH3 is 2. The maximum atomic E-state index is 12.9. The Morgan fingerprint density at radius 1 is 1.05 bits per heavy atom. The van der Waals surface area contributed by atoms with E-state index in [1.807, 2.05) is 37.3 Å². The van der Waals surface area contributed by atoms with Gasteiger partial charge < -0.3 is 14.8 Å². The average molecular weight is 285 g/mol. The van der Waals surface area contributed by atoms with Crippen LogP contribution in [0.3, 0.4) is 0 Å². The summed E-state index contributed by atoms with van der Waals surface area (Å²) in [5, 5.41) is 3.03. The van der Waals surface area contributed by atoms with Gasteiger partial charge >= 0.3 is 0 Å². The molecule has 0 heterocycles. The Morgan fingerprint density at radius 2 is 1.62 bits per heavy atom. The number of ketones is 1. The summed E-state index contributed by atoms with van der Waals surface area (Å²) >= 11 is 0. The van der Waals surface area contributed by atoms with Crippen LogP contribution in [0.5, 0.6) is 11.5 Å². The van der Waals surface area contributed by atoms with Gasteiger partial charge in [-0.25, -0.2) is 0 Å². The summed E-state index contributed by atoms with van der Waals surface area (Å²) in [6, 6.07) is 11.0. The fourth-order valence-corrected chi connectivity index (χ4v) is 2.30. The zero-order chi connectivity index (χ0) is 15.4. The van der Waals surface area contributed by atoms with Crippen LogP contribution in [0.4, 0.5) is 5.69 Å². The Bertz CT molecular complexity index is 640. The van der Waals surface area contributed by atoms with E-state index < -0.39 is 0 Å². The number of anilines is 1. The van der Waals surface area contributed by atoms with Crippen molar-refractivity contribution in [3.63, 3.8) is 0 Å².